The summed E-state index contributed by atoms with van der Waals surface area (Å²) in [4.78, 5) is 42.5. The van der Waals surface area contributed by atoms with Crippen LogP contribution in [0.2, 0.25) is 0 Å². The van der Waals surface area contributed by atoms with Crippen molar-refractivity contribution in [2.45, 2.75) is 71.1 Å². The highest BCUT2D eigenvalue weighted by molar-refractivity contribution is 7.89. The molecule has 1 aliphatic heterocycles. The Morgan fingerprint density at radius 3 is 2.46 bits per heavy atom. The number of carbonyl (C=O) groups excluding carboxylic acids is 1. The first-order chi connectivity index (χ1) is 17.4. The first-order valence-corrected chi connectivity index (χ1v) is 14.0. The molecule has 1 aromatic heterocycles. The van der Waals surface area contributed by atoms with Crippen molar-refractivity contribution in [3.8, 4) is 0 Å². The molecule has 0 saturated carbocycles. The van der Waals surface area contributed by atoms with Gasteiger partial charge in [0.05, 0.1) is 17.1 Å². The van der Waals surface area contributed by atoms with Gasteiger partial charge in [0.1, 0.15) is 5.82 Å². The van der Waals surface area contributed by atoms with Gasteiger partial charge in [-0.3, -0.25) is 19.1 Å². The highest BCUT2D eigenvalue weighted by atomic mass is 32.2. The Kier molecular flexibility index (Phi) is 8.98. The number of morpholine rings is 1. The second-order valence-corrected chi connectivity index (χ2v) is 11.9. The second-order valence-electron chi connectivity index (χ2n) is 9.92. The molecule has 1 saturated heterocycles. The van der Waals surface area contributed by atoms with Crippen molar-refractivity contribution < 1.29 is 17.9 Å². The number of nitrogens with one attached hydrogen (secondary N) is 1. The molecule has 2 heterocycles. The van der Waals surface area contributed by atoms with Crippen LogP contribution in [-0.4, -0.2) is 60.0 Å². The summed E-state index contributed by atoms with van der Waals surface area (Å²) in [5.74, 6) is -0.626. The number of nitrogens with two attached hydrogens (primary N) is 1. The Hall–Kier alpha value is -2.96. The molecule has 12 heteroatoms. The molecule has 0 bridgehead atoms. The molecule has 11 nitrogen and oxygen atoms in total. The van der Waals surface area contributed by atoms with Gasteiger partial charge in [0.25, 0.3) is 11.5 Å². The summed E-state index contributed by atoms with van der Waals surface area (Å²) >= 11 is 0. The minimum atomic E-state index is -3.89. The van der Waals surface area contributed by atoms with Gasteiger partial charge in [-0.05, 0) is 44.4 Å². The van der Waals surface area contributed by atoms with E-state index in [0.717, 1.165) is 6.42 Å². The predicted molar refractivity (Wildman–Crippen MR) is 142 cm³/mol. The number of amides is 1. The monoisotopic (exact) mass is 535 g/mol. The number of carbonyl (C=O) groups is 1. The summed E-state index contributed by atoms with van der Waals surface area (Å²) < 4.78 is 35.0. The van der Waals surface area contributed by atoms with Crippen LogP contribution in [0.1, 0.15) is 57.8 Å². The maximum Gasteiger partial charge on any atom is 0.330 e. The first-order valence-electron chi connectivity index (χ1n) is 12.6. The molecule has 1 aliphatic rings. The van der Waals surface area contributed by atoms with Crippen LogP contribution in [0.15, 0.2) is 38.8 Å². The van der Waals surface area contributed by atoms with Crippen molar-refractivity contribution in [2.75, 3.05) is 30.3 Å². The number of ether oxygens (including phenoxy) is 1. The molecule has 1 fully saturated rings. The SMILES string of the molecule is CCCCN(C(=O)c1cccc(S(=O)(=O)N2C[C@H](C)O[C@@H](C)C2)c1)c1c(N)n(CC(C)C)c(=O)[nH]c1=O. The lowest BCUT2D eigenvalue weighted by Gasteiger charge is -2.34. The van der Waals surface area contributed by atoms with Gasteiger partial charge >= 0.3 is 5.69 Å². The van der Waals surface area contributed by atoms with Crippen molar-refractivity contribution in [3.05, 3.63) is 50.7 Å². The lowest BCUT2D eigenvalue weighted by molar-refractivity contribution is -0.0440. The van der Waals surface area contributed by atoms with Crippen LogP contribution in [-0.2, 0) is 21.3 Å². The topological polar surface area (TPSA) is 148 Å². The van der Waals surface area contributed by atoms with E-state index < -0.39 is 27.2 Å². The molecule has 1 aromatic carbocycles. The van der Waals surface area contributed by atoms with Crippen LogP contribution in [0.5, 0.6) is 0 Å². The van der Waals surface area contributed by atoms with Gasteiger partial charge < -0.3 is 15.4 Å². The van der Waals surface area contributed by atoms with E-state index in [4.69, 9.17) is 10.5 Å². The molecule has 0 aliphatic carbocycles. The smallest absolute Gasteiger partial charge is 0.330 e. The van der Waals surface area contributed by atoms with E-state index in [9.17, 15) is 22.8 Å². The van der Waals surface area contributed by atoms with Crippen molar-refractivity contribution in [1.82, 2.24) is 13.9 Å². The number of unbranched alkanes of at least 4 members (excludes halogenated alkanes) is 1. The van der Waals surface area contributed by atoms with E-state index in [0.29, 0.717) is 6.42 Å². The average Bonchev–Trinajstić information content (AvgIpc) is 2.82. The van der Waals surface area contributed by atoms with Crippen molar-refractivity contribution in [3.63, 3.8) is 0 Å². The third-order valence-electron chi connectivity index (χ3n) is 6.12. The summed E-state index contributed by atoms with van der Waals surface area (Å²) in [6, 6.07) is 5.76. The molecule has 0 radical (unpaired) electrons. The van der Waals surface area contributed by atoms with E-state index in [1.807, 2.05) is 34.6 Å². The largest absolute Gasteiger partial charge is 0.383 e. The van der Waals surface area contributed by atoms with E-state index >= 15 is 0 Å². The molecule has 1 amide bonds. The van der Waals surface area contributed by atoms with Gasteiger partial charge in [0, 0.05) is 31.7 Å². The summed E-state index contributed by atoms with van der Waals surface area (Å²) in [5, 5.41) is 0. The number of nitrogen functional groups attached to an aromatic ring is 1. The van der Waals surface area contributed by atoms with E-state index in [-0.39, 0.29) is 66.3 Å². The standard InChI is InChI=1S/C25H37N5O6S/c1-6-7-11-29(21-22(26)30(13-16(2)3)25(33)27-23(21)31)24(32)19-9-8-10-20(12-19)37(34,35)28-14-17(4)36-18(5)15-28/h8-10,12,16-18H,6-7,11,13-15,26H2,1-5H3,(H,27,31,33)/t17-,18-/m0/s1. The summed E-state index contributed by atoms with van der Waals surface area (Å²) in [7, 11) is -3.89. The molecule has 3 rings (SSSR count). The van der Waals surface area contributed by atoms with Gasteiger partial charge in [0.15, 0.2) is 5.69 Å². The fraction of sp³-hybridized carbons (Fsp3) is 0.560. The van der Waals surface area contributed by atoms with Gasteiger partial charge in [-0.15, -0.1) is 0 Å². The summed E-state index contributed by atoms with van der Waals surface area (Å²) in [6.07, 6.45) is 0.776. The number of aromatic amines is 1. The minimum absolute atomic E-state index is 0.0262. The third-order valence-corrected chi connectivity index (χ3v) is 7.94. The number of hydrogen-bond donors (Lipinski definition) is 2. The lowest BCUT2D eigenvalue weighted by Crippen LogP contribution is -2.48. The Morgan fingerprint density at radius 1 is 1.22 bits per heavy atom. The first kappa shape index (κ1) is 28.6. The van der Waals surface area contributed by atoms with Crippen LogP contribution in [0.25, 0.3) is 0 Å². The van der Waals surface area contributed by atoms with Crippen LogP contribution in [0.4, 0.5) is 11.5 Å². The van der Waals surface area contributed by atoms with Crippen LogP contribution >= 0.6 is 0 Å². The molecule has 0 unspecified atom stereocenters. The van der Waals surface area contributed by atoms with Crippen LogP contribution < -0.4 is 21.9 Å². The molecule has 37 heavy (non-hydrogen) atoms. The Morgan fingerprint density at radius 2 is 1.86 bits per heavy atom. The van der Waals surface area contributed by atoms with Gasteiger partial charge in [-0.1, -0.05) is 33.3 Å². The maximum absolute atomic E-state index is 13.7. The summed E-state index contributed by atoms with van der Waals surface area (Å²) in [6.45, 7) is 10.2. The summed E-state index contributed by atoms with van der Waals surface area (Å²) in [5.41, 5.74) is 4.83. The highest BCUT2D eigenvalue weighted by Gasteiger charge is 2.33. The third kappa shape index (κ3) is 6.31. The van der Waals surface area contributed by atoms with Crippen molar-refractivity contribution in [1.29, 1.82) is 0 Å². The average molecular weight is 536 g/mol. The van der Waals surface area contributed by atoms with Crippen molar-refractivity contribution in [2.24, 2.45) is 5.92 Å². The van der Waals surface area contributed by atoms with Gasteiger partial charge in [0.2, 0.25) is 10.0 Å². The van der Waals surface area contributed by atoms with E-state index in [2.05, 4.69) is 4.98 Å². The molecule has 2 atom stereocenters. The van der Waals surface area contributed by atoms with Crippen LogP contribution in [0, 0.1) is 5.92 Å². The van der Waals surface area contributed by atoms with E-state index in [1.54, 1.807) is 0 Å². The molecule has 3 N–H and O–H groups in total. The Labute approximate surface area is 217 Å². The number of hydrogen-bond acceptors (Lipinski definition) is 7. The van der Waals surface area contributed by atoms with E-state index in [1.165, 1.54) is 38.0 Å². The van der Waals surface area contributed by atoms with Gasteiger partial charge in [-0.25, -0.2) is 13.2 Å². The zero-order valence-electron chi connectivity index (χ0n) is 22.1. The quantitative estimate of drug-likeness (QED) is 0.499. The fourth-order valence-corrected chi connectivity index (χ4v) is 6.07. The molecule has 204 valence electrons. The maximum atomic E-state index is 13.7. The minimum Gasteiger partial charge on any atom is -0.383 e. The number of rotatable bonds is 9. The highest BCUT2D eigenvalue weighted by Crippen LogP contribution is 2.25. The zero-order chi connectivity index (χ0) is 27.5. The molecular weight excluding hydrogens is 498 g/mol. The Balaban J connectivity index is 2.06. The predicted octanol–water partition coefficient (Wildman–Crippen LogP) is 2.02. The Bertz CT molecular complexity index is 1340. The molecule has 2 aromatic rings. The number of nitrogens with zero attached hydrogens (tertiary/aromatic N) is 3. The number of anilines is 2. The number of H-pyrrole nitrogens is 1. The lowest BCUT2D eigenvalue weighted by atomic mass is 10.1. The number of benzene rings is 1. The fourth-order valence-electron chi connectivity index (χ4n) is 4.44. The molecular formula is C25H37N5O6S. The normalized spacial score (nSPS) is 18.8. The van der Waals surface area contributed by atoms with Gasteiger partial charge in [-0.2, -0.15) is 4.31 Å². The van der Waals surface area contributed by atoms with Crippen molar-refractivity contribution >= 4 is 27.4 Å². The number of sulfonamides is 1. The number of aromatic nitrogens is 2. The zero-order valence-corrected chi connectivity index (χ0v) is 22.9. The second kappa shape index (κ2) is 11.6. The molecule has 0 spiro atoms. The van der Waals surface area contributed by atoms with Crippen LogP contribution in [0.3, 0.4) is 0 Å².